The summed E-state index contributed by atoms with van der Waals surface area (Å²) in [5.74, 6) is 0.846. The van der Waals surface area contributed by atoms with Crippen LogP contribution in [-0.4, -0.2) is 10.5 Å². The van der Waals surface area contributed by atoms with Crippen molar-refractivity contribution in [2.24, 2.45) is 0 Å². The number of hydrogen-bond donors (Lipinski definition) is 0. The standard InChI is InChI=1S/C20H16N2O/c21-22-20(17-7-3-1-4-8-17)18-13-11-16(12-14-18)15-23-19-9-5-2-6-10-19/h1-14H,15H2. The zero-order chi connectivity index (χ0) is 15.9. The van der Waals surface area contributed by atoms with Gasteiger partial charge in [0.2, 0.25) is 0 Å². The fourth-order valence-electron chi connectivity index (χ4n) is 2.32. The molecule has 0 aliphatic rings. The van der Waals surface area contributed by atoms with Gasteiger partial charge in [-0.2, -0.15) is 4.79 Å². The van der Waals surface area contributed by atoms with Gasteiger partial charge >= 0.3 is 5.71 Å². The molecule has 0 amide bonds. The van der Waals surface area contributed by atoms with E-state index in [9.17, 15) is 5.53 Å². The maximum Gasteiger partial charge on any atom is 0.329 e. The molecule has 0 atom stereocenters. The zero-order valence-corrected chi connectivity index (χ0v) is 12.6. The van der Waals surface area contributed by atoms with E-state index in [1.54, 1.807) is 0 Å². The Labute approximate surface area is 135 Å². The second-order valence-electron chi connectivity index (χ2n) is 5.11. The SMILES string of the molecule is [N-]=[N+]=C(c1ccccc1)c1ccc(COc2ccccc2)cc1. The summed E-state index contributed by atoms with van der Waals surface area (Å²) >= 11 is 0. The van der Waals surface area contributed by atoms with E-state index in [0.29, 0.717) is 12.3 Å². The van der Waals surface area contributed by atoms with E-state index < -0.39 is 0 Å². The Morgan fingerprint density at radius 3 is 1.91 bits per heavy atom. The van der Waals surface area contributed by atoms with Gasteiger partial charge in [-0.1, -0.05) is 48.5 Å². The summed E-state index contributed by atoms with van der Waals surface area (Å²) in [7, 11) is 0. The molecular formula is C20H16N2O. The molecule has 0 N–H and O–H groups in total. The Bertz CT molecular complexity index is 805. The number of rotatable bonds is 5. The van der Waals surface area contributed by atoms with Gasteiger partial charge in [-0.25, -0.2) is 0 Å². The number of hydrogen-bond acceptors (Lipinski definition) is 1. The minimum atomic E-state index is 0.501. The lowest BCUT2D eigenvalue weighted by molar-refractivity contribution is -0.00279. The molecule has 3 aromatic carbocycles. The van der Waals surface area contributed by atoms with Crippen molar-refractivity contribution in [1.82, 2.24) is 0 Å². The van der Waals surface area contributed by atoms with Gasteiger partial charge in [0.1, 0.15) is 12.4 Å². The largest absolute Gasteiger partial charge is 0.489 e. The van der Waals surface area contributed by atoms with E-state index in [-0.39, 0.29) is 0 Å². The molecule has 0 unspecified atom stereocenters. The quantitative estimate of drug-likeness (QED) is 0.393. The van der Waals surface area contributed by atoms with Crippen molar-refractivity contribution in [2.45, 2.75) is 6.61 Å². The van der Waals surface area contributed by atoms with Crippen molar-refractivity contribution < 1.29 is 9.53 Å². The second-order valence-corrected chi connectivity index (χ2v) is 5.11. The van der Waals surface area contributed by atoms with Gasteiger partial charge in [0.05, 0.1) is 11.1 Å². The van der Waals surface area contributed by atoms with Gasteiger partial charge in [0, 0.05) is 0 Å². The fraction of sp³-hybridized carbons (Fsp3) is 0.0500. The molecule has 0 aromatic heterocycles. The van der Waals surface area contributed by atoms with Crippen LogP contribution in [0.1, 0.15) is 16.7 Å². The topological polar surface area (TPSA) is 45.6 Å². The van der Waals surface area contributed by atoms with E-state index >= 15 is 0 Å². The number of nitrogens with zero attached hydrogens (tertiary/aromatic N) is 2. The molecule has 112 valence electrons. The highest BCUT2D eigenvalue weighted by atomic mass is 16.5. The lowest BCUT2D eigenvalue weighted by atomic mass is 10.0. The normalized spacial score (nSPS) is 9.91. The van der Waals surface area contributed by atoms with E-state index in [0.717, 1.165) is 22.4 Å². The molecule has 3 aromatic rings. The van der Waals surface area contributed by atoms with Crippen molar-refractivity contribution >= 4 is 5.71 Å². The molecule has 3 nitrogen and oxygen atoms in total. The molecule has 0 heterocycles. The van der Waals surface area contributed by atoms with Gasteiger partial charge in [-0.15, -0.1) is 0 Å². The minimum Gasteiger partial charge on any atom is -0.489 e. The number of para-hydroxylation sites is 1. The van der Waals surface area contributed by atoms with Crippen molar-refractivity contribution in [2.75, 3.05) is 0 Å². The van der Waals surface area contributed by atoms with Gasteiger partial charge in [0.15, 0.2) is 0 Å². The van der Waals surface area contributed by atoms with Crippen LogP contribution in [-0.2, 0) is 6.61 Å². The van der Waals surface area contributed by atoms with Crippen LogP contribution in [0.3, 0.4) is 0 Å². The molecule has 0 aliphatic carbocycles. The van der Waals surface area contributed by atoms with Crippen molar-refractivity contribution in [3.05, 3.63) is 107 Å². The van der Waals surface area contributed by atoms with Crippen LogP contribution < -0.4 is 4.74 Å². The maximum atomic E-state index is 9.32. The highest BCUT2D eigenvalue weighted by Gasteiger charge is 2.14. The summed E-state index contributed by atoms with van der Waals surface area (Å²) in [6.07, 6.45) is 0. The molecule has 0 spiro atoms. The molecular weight excluding hydrogens is 284 g/mol. The summed E-state index contributed by atoms with van der Waals surface area (Å²) in [6, 6.07) is 27.2. The average molecular weight is 300 g/mol. The predicted octanol–water partition coefficient (Wildman–Crippen LogP) is 4.33. The Balaban J connectivity index is 1.73. The minimum absolute atomic E-state index is 0.501. The molecule has 3 heteroatoms. The molecule has 0 fully saturated rings. The summed E-state index contributed by atoms with van der Waals surface area (Å²) in [6.45, 7) is 0.501. The number of benzene rings is 3. The van der Waals surface area contributed by atoms with Crippen LogP contribution in [0.15, 0.2) is 84.9 Å². The molecule has 0 radical (unpaired) electrons. The van der Waals surface area contributed by atoms with Crippen LogP contribution in [0.2, 0.25) is 0 Å². The van der Waals surface area contributed by atoms with Crippen LogP contribution in [0, 0.1) is 0 Å². The average Bonchev–Trinajstić information content (AvgIpc) is 2.63. The maximum absolute atomic E-state index is 9.32. The Kier molecular flexibility index (Phi) is 4.63. The Hall–Kier alpha value is -3.16. The zero-order valence-electron chi connectivity index (χ0n) is 12.6. The first-order valence-electron chi connectivity index (χ1n) is 7.41. The molecule has 0 saturated carbocycles. The second kappa shape index (κ2) is 7.21. The lowest BCUT2D eigenvalue weighted by Gasteiger charge is -2.06. The molecule has 23 heavy (non-hydrogen) atoms. The highest BCUT2D eigenvalue weighted by Crippen LogP contribution is 2.14. The first-order chi connectivity index (χ1) is 11.4. The van der Waals surface area contributed by atoms with Crippen LogP contribution in [0.5, 0.6) is 5.75 Å². The third-order valence-electron chi connectivity index (χ3n) is 3.52. The summed E-state index contributed by atoms with van der Waals surface area (Å²) < 4.78 is 5.72. The van der Waals surface area contributed by atoms with Crippen LogP contribution in [0.25, 0.3) is 5.53 Å². The first kappa shape index (κ1) is 14.8. The third-order valence-corrected chi connectivity index (χ3v) is 3.52. The molecule has 0 saturated heterocycles. The van der Waals surface area contributed by atoms with Crippen molar-refractivity contribution in [3.8, 4) is 5.75 Å². The van der Waals surface area contributed by atoms with E-state index in [1.165, 1.54) is 0 Å². The monoisotopic (exact) mass is 300 g/mol. The van der Waals surface area contributed by atoms with Crippen LogP contribution in [0.4, 0.5) is 0 Å². The van der Waals surface area contributed by atoms with Gasteiger partial charge in [-0.05, 0) is 42.0 Å². The van der Waals surface area contributed by atoms with Crippen molar-refractivity contribution in [3.63, 3.8) is 0 Å². The van der Waals surface area contributed by atoms with Gasteiger partial charge in [0.25, 0.3) is 0 Å². The van der Waals surface area contributed by atoms with Crippen LogP contribution >= 0.6 is 0 Å². The smallest absolute Gasteiger partial charge is 0.329 e. The fourth-order valence-corrected chi connectivity index (χ4v) is 2.32. The van der Waals surface area contributed by atoms with Gasteiger partial charge in [-0.3, -0.25) is 0 Å². The van der Waals surface area contributed by atoms with E-state index in [2.05, 4.69) is 4.79 Å². The first-order valence-corrected chi connectivity index (χ1v) is 7.41. The molecule has 0 bridgehead atoms. The van der Waals surface area contributed by atoms with Gasteiger partial charge < -0.3 is 10.3 Å². The molecule has 3 rings (SSSR count). The van der Waals surface area contributed by atoms with Crippen molar-refractivity contribution in [1.29, 1.82) is 0 Å². The Morgan fingerprint density at radius 2 is 1.30 bits per heavy atom. The summed E-state index contributed by atoms with van der Waals surface area (Å²) in [4.78, 5) is 3.44. The summed E-state index contributed by atoms with van der Waals surface area (Å²) in [5.41, 5.74) is 12.7. The third kappa shape index (κ3) is 3.73. The van der Waals surface area contributed by atoms with E-state index in [1.807, 2.05) is 84.9 Å². The lowest BCUT2D eigenvalue weighted by Crippen LogP contribution is -2.04. The molecule has 0 aliphatic heterocycles. The number of ether oxygens (including phenoxy) is 1. The predicted molar refractivity (Wildman–Crippen MR) is 90.5 cm³/mol. The highest BCUT2D eigenvalue weighted by molar-refractivity contribution is 6.09. The summed E-state index contributed by atoms with van der Waals surface area (Å²) in [5, 5.41) is 0. The Morgan fingerprint density at radius 1 is 0.739 bits per heavy atom. The van der Waals surface area contributed by atoms with E-state index in [4.69, 9.17) is 4.74 Å².